The molecule has 0 saturated heterocycles. The average Bonchev–Trinajstić information content (AvgIpc) is 2.59. The van der Waals surface area contributed by atoms with Crippen molar-refractivity contribution in [3.8, 4) is 0 Å². The van der Waals surface area contributed by atoms with Gasteiger partial charge in [0, 0.05) is 11.1 Å². The highest BCUT2D eigenvalue weighted by atomic mass is 32.1. The van der Waals surface area contributed by atoms with E-state index in [4.69, 9.17) is 0 Å². The van der Waals surface area contributed by atoms with Gasteiger partial charge in [-0.15, -0.1) is 11.3 Å². The van der Waals surface area contributed by atoms with Crippen LogP contribution in [-0.2, 0) is 11.2 Å². The molecule has 0 atom stereocenters. The molecule has 0 aliphatic heterocycles. The lowest BCUT2D eigenvalue weighted by atomic mass is 10.1. The number of halogens is 3. The standard InChI is InChI=1S/C12H9F3OS/c13-12(14,15)6-9(16)5-8-7-17-11-4-2-1-3-10(8)11/h1-4,7H,5-6H2. The predicted molar refractivity (Wildman–Crippen MR) is 61.2 cm³/mol. The molecule has 5 heteroatoms. The van der Waals surface area contributed by atoms with Crippen molar-refractivity contribution in [3.63, 3.8) is 0 Å². The third kappa shape index (κ3) is 3.06. The Kier molecular flexibility index (Phi) is 3.19. The van der Waals surface area contributed by atoms with E-state index >= 15 is 0 Å². The van der Waals surface area contributed by atoms with Gasteiger partial charge >= 0.3 is 6.18 Å². The second-order valence-electron chi connectivity index (χ2n) is 3.76. The van der Waals surface area contributed by atoms with Crippen molar-refractivity contribution in [2.75, 3.05) is 0 Å². The lowest BCUT2D eigenvalue weighted by Crippen LogP contribution is -2.16. The number of carbonyl (C=O) groups excluding carboxylic acids is 1. The van der Waals surface area contributed by atoms with Gasteiger partial charge in [0.15, 0.2) is 0 Å². The Hall–Kier alpha value is -1.36. The summed E-state index contributed by atoms with van der Waals surface area (Å²) in [5, 5.41) is 2.62. The average molecular weight is 258 g/mol. The van der Waals surface area contributed by atoms with Crippen molar-refractivity contribution in [3.05, 3.63) is 35.2 Å². The molecule has 0 radical (unpaired) electrons. The summed E-state index contributed by atoms with van der Waals surface area (Å²) in [6.45, 7) is 0. The second kappa shape index (κ2) is 4.49. The number of rotatable bonds is 3. The molecule has 0 bridgehead atoms. The summed E-state index contributed by atoms with van der Waals surface area (Å²) in [5.74, 6) is -0.791. The molecule has 1 aromatic carbocycles. The maximum Gasteiger partial charge on any atom is 0.395 e. The van der Waals surface area contributed by atoms with Crippen molar-refractivity contribution in [2.45, 2.75) is 19.0 Å². The predicted octanol–water partition coefficient (Wildman–Crippen LogP) is 3.97. The number of fused-ring (bicyclic) bond motifs is 1. The fourth-order valence-electron chi connectivity index (χ4n) is 1.67. The Morgan fingerprint density at radius 3 is 2.65 bits per heavy atom. The number of Topliss-reactive ketones (excluding diaryl/α,β-unsaturated/α-hetero) is 1. The van der Waals surface area contributed by atoms with E-state index in [9.17, 15) is 18.0 Å². The molecule has 0 aliphatic carbocycles. The molecule has 0 saturated carbocycles. The highest BCUT2D eigenvalue weighted by Crippen LogP contribution is 2.27. The number of carbonyl (C=O) groups is 1. The minimum absolute atomic E-state index is 0.149. The van der Waals surface area contributed by atoms with Gasteiger partial charge in [-0.3, -0.25) is 4.79 Å². The van der Waals surface area contributed by atoms with Crippen molar-refractivity contribution >= 4 is 27.2 Å². The summed E-state index contributed by atoms with van der Waals surface area (Å²) >= 11 is 1.44. The van der Waals surface area contributed by atoms with Gasteiger partial charge in [-0.25, -0.2) is 0 Å². The Morgan fingerprint density at radius 2 is 1.94 bits per heavy atom. The SMILES string of the molecule is O=C(Cc1csc2ccccc12)CC(F)(F)F. The minimum Gasteiger partial charge on any atom is -0.299 e. The monoisotopic (exact) mass is 258 g/mol. The van der Waals surface area contributed by atoms with Gasteiger partial charge in [0.25, 0.3) is 0 Å². The molecule has 1 nitrogen and oxygen atoms in total. The van der Waals surface area contributed by atoms with E-state index in [1.165, 1.54) is 11.3 Å². The van der Waals surface area contributed by atoms with E-state index in [0.29, 0.717) is 5.56 Å². The van der Waals surface area contributed by atoms with E-state index in [0.717, 1.165) is 10.1 Å². The van der Waals surface area contributed by atoms with Crippen LogP contribution in [0.1, 0.15) is 12.0 Å². The summed E-state index contributed by atoms with van der Waals surface area (Å²) in [4.78, 5) is 11.3. The zero-order valence-corrected chi connectivity index (χ0v) is 9.57. The number of hydrogen-bond donors (Lipinski definition) is 0. The van der Waals surface area contributed by atoms with Crippen molar-refractivity contribution in [1.29, 1.82) is 0 Å². The van der Waals surface area contributed by atoms with Gasteiger partial charge in [-0.1, -0.05) is 18.2 Å². The summed E-state index contributed by atoms with van der Waals surface area (Å²) in [5.41, 5.74) is 0.680. The van der Waals surface area contributed by atoms with E-state index in [2.05, 4.69) is 0 Å². The van der Waals surface area contributed by atoms with Gasteiger partial charge in [-0.05, 0) is 22.4 Å². The largest absolute Gasteiger partial charge is 0.395 e. The topological polar surface area (TPSA) is 17.1 Å². The van der Waals surface area contributed by atoms with Gasteiger partial charge in [0.2, 0.25) is 0 Å². The van der Waals surface area contributed by atoms with E-state index < -0.39 is 18.4 Å². The number of hydrogen-bond acceptors (Lipinski definition) is 2. The molecule has 0 amide bonds. The lowest BCUT2D eigenvalue weighted by Gasteiger charge is -2.04. The Bertz CT molecular complexity index is 542. The fourth-order valence-corrected chi connectivity index (χ4v) is 2.63. The van der Waals surface area contributed by atoms with Crippen LogP contribution in [0.4, 0.5) is 13.2 Å². The van der Waals surface area contributed by atoms with Crippen molar-refractivity contribution in [1.82, 2.24) is 0 Å². The van der Waals surface area contributed by atoms with Crippen LogP contribution >= 0.6 is 11.3 Å². The van der Waals surface area contributed by atoms with Gasteiger partial charge < -0.3 is 0 Å². The van der Waals surface area contributed by atoms with Gasteiger partial charge in [0.05, 0.1) is 0 Å². The molecule has 1 heterocycles. The molecule has 0 spiro atoms. The van der Waals surface area contributed by atoms with E-state index in [1.54, 1.807) is 5.38 Å². The highest BCUT2D eigenvalue weighted by Gasteiger charge is 2.31. The van der Waals surface area contributed by atoms with Gasteiger partial charge in [0.1, 0.15) is 12.2 Å². The molecule has 2 rings (SSSR count). The zero-order chi connectivity index (χ0) is 12.5. The molecule has 0 fully saturated rings. The van der Waals surface area contributed by atoms with Gasteiger partial charge in [-0.2, -0.15) is 13.2 Å². The Morgan fingerprint density at radius 1 is 1.24 bits per heavy atom. The first-order valence-electron chi connectivity index (χ1n) is 4.99. The first-order valence-corrected chi connectivity index (χ1v) is 5.87. The molecular weight excluding hydrogens is 249 g/mol. The van der Waals surface area contributed by atoms with Crippen LogP contribution < -0.4 is 0 Å². The van der Waals surface area contributed by atoms with Crippen LogP contribution in [0.5, 0.6) is 0 Å². The van der Waals surface area contributed by atoms with Crippen LogP contribution in [0, 0.1) is 0 Å². The van der Waals surface area contributed by atoms with Crippen LogP contribution in [-0.4, -0.2) is 12.0 Å². The minimum atomic E-state index is -4.41. The summed E-state index contributed by atoms with van der Waals surface area (Å²) in [6.07, 6.45) is -5.91. The summed E-state index contributed by atoms with van der Waals surface area (Å²) < 4.78 is 37.1. The van der Waals surface area contributed by atoms with Crippen LogP contribution in [0.15, 0.2) is 29.6 Å². The number of thiophene rings is 1. The fraction of sp³-hybridized carbons (Fsp3) is 0.250. The normalized spacial score (nSPS) is 11.9. The maximum atomic E-state index is 12.0. The number of benzene rings is 1. The van der Waals surface area contributed by atoms with Crippen LogP contribution in [0.2, 0.25) is 0 Å². The molecule has 2 aromatic rings. The molecule has 0 N–H and O–H groups in total. The lowest BCUT2D eigenvalue weighted by molar-refractivity contribution is -0.151. The van der Waals surface area contributed by atoms with Crippen LogP contribution in [0.3, 0.4) is 0 Å². The number of alkyl halides is 3. The molecule has 0 aliphatic rings. The second-order valence-corrected chi connectivity index (χ2v) is 4.68. The van der Waals surface area contributed by atoms with Crippen molar-refractivity contribution in [2.24, 2.45) is 0 Å². The maximum absolute atomic E-state index is 12.0. The molecular formula is C12H9F3OS. The van der Waals surface area contributed by atoms with E-state index in [1.807, 2.05) is 24.3 Å². The molecule has 1 aromatic heterocycles. The molecule has 17 heavy (non-hydrogen) atoms. The number of ketones is 1. The third-order valence-electron chi connectivity index (χ3n) is 2.35. The zero-order valence-electron chi connectivity index (χ0n) is 8.75. The summed E-state index contributed by atoms with van der Waals surface area (Å²) in [6, 6.07) is 7.38. The molecule has 0 unspecified atom stereocenters. The molecule has 90 valence electrons. The first-order chi connectivity index (χ1) is 7.96. The highest BCUT2D eigenvalue weighted by molar-refractivity contribution is 7.17. The smallest absolute Gasteiger partial charge is 0.299 e. The van der Waals surface area contributed by atoms with Crippen molar-refractivity contribution < 1.29 is 18.0 Å². The van der Waals surface area contributed by atoms with Crippen LogP contribution in [0.25, 0.3) is 10.1 Å². The quantitative estimate of drug-likeness (QED) is 0.814. The summed E-state index contributed by atoms with van der Waals surface area (Å²) in [7, 11) is 0. The third-order valence-corrected chi connectivity index (χ3v) is 3.36. The Labute approximate surface area is 99.9 Å². The Balaban J connectivity index is 2.16. The first kappa shape index (κ1) is 12.1. The van der Waals surface area contributed by atoms with E-state index in [-0.39, 0.29) is 6.42 Å².